The van der Waals surface area contributed by atoms with Crippen LogP contribution in [0, 0.1) is 3.57 Å². The normalized spacial score (nSPS) is 14.2. The minimum absolute atomic E-state index is 0.131. The Kier molecular flexibility index (Phi) is 5.21. The number of hydrogen-bond donors (Lipinski definition) is 2. The summed E-state index contributed by atoms with van der Waals surface area (Å²) in [6, 6.07) is 7.76. The summed E-state index contributed by atoms with van der Waals surface area (Å²) in [4.78, 5) is 27.6. The van der Waals surface area contributed by atoms with Crippen molar-refractivity contribution in [1.82, 2.24) is 4.90 Å². The third-order valence-electron chi connectivity index (χ3n) is 4.06. The zero-order valence-corrected chi connectivity index (χ0v) is 16.2. The molecule has 1 aliphatic rings. The third kappa shape index (κ3) is 3.62. The average molecular weight is 455 g/mol. The molecule has 3 rings (SSSR count). The predicted molar refractivity (Wildman–Crippen MR) is 104 cm³/mol. The van der Waals surface area contributed by atoms with E-state index < -0.39 is 5.91 Å². The van der Waals surface area contributed by atoms with Gasteiger partial charge in [0.2, 0.25) is 5.91 Å². The second-order valence-corrected chi connectivity index (χ2v) is 8.14. The van der Waals surface area contributed by atoms with Crippen LogP contribution in [-0.2, 0) is 24.2 Å². The Morgan fingerprint density at radius 1 is 1.38 bits per heavy atom. The van der Waals surface area contributed by atoms with Gasteiger partial charge in [-0.2, -0.15) is 0 Å². The Morgan fingerprint density at radius 3 is 2.83 bits per heavy atom. The van der Waals surface area contributed by atoms with Gasteiger partial charge in [0.05, 0.1) is 12.0 Å². The molecular formula is C17H18IN3O2S. The van der Waals surface area contributed by atoms with E-state index in [0.717, 1.165) is 39.1 Å². The van der Waals surface area contributed by atoms with Crippen LogP contribution in [0.4, 0.5) is 5.00 Å². The number of rotatable bonds is 4. The van der Waals surface area contributed by atoms with Crippen LogP contribution in [0.1, 0.15) is 26.4 Å². The molecule has 24 heavy (non-hydrogen) atoms. The number of likely N-dealkylation sites (N-methyl/N-ethyl adjacent to an activating group) is 1. The van der Waals surface area contributed by atoms with Gasteiger partial charge in [-0.15, -0.1) is 11.3 Å². The molecule has 2 amide bonds. The van der Waals surface area contributed by atoms with E-state index in [1.54, 1.807) is 0 Å². The number of primary amides is 1. The molecule has 3 N–H and O–H groups in total. The van der Waals surface area contributed by atoms with Gasteiger partial charge < -0.3 is 16.0 Å². The van der Waals surface area contributed by atoms with Crippen molar-refractivity contribution >= 4 is 50.7 Å². The quantitative estimate of drug-likeness (QED) is 0.697. The van der Waals surface area contributed by atoms with Crippen molar-refractivity contribution in [3.63, 3.8) is 0 Å². The van der Waals surface area contributed by atoms with E-state index in [-0.39, 0.29) is 12.3 Å². The van der Waals surface area contributed by atoms with Crippen LogP contribution in [0.2, 0.25) is 0 Å². The maximum atomic E-state index is 12.4. The number of amides is 2. The zero-order chi connectivity index (χ0) is 17.3. The van der Waals surface area contributed by atoms with Crippen LogP contribution in [0.25, 0.3) is 0 Å². The van der Waals surface area contributed by atoms with Gasteiger partial charge in [0.1, 0.15) is 5.00 Å². The van der Waals surface area contributed by atoms with E-state index in [4.69, 9.17) is 5.73 Å². The molecule has 1 aromatic heterocycles. The standard InChI is InChI=1S/C17H18IN3O2S/c1-21-7-6-11-13(9-21)24-17(15(11)16(19)23)20-14(22)8-10-4-2-3-5-12(10)18/h2-5H,6-9H2,1H3,(H2,19,23)(H,20,22). The van der Waals surface area contributed by atoms with Crippen molar-refractivity contribution in [2.75, 3.05) is 18.9 Å². The topological polar surface area (TPSA) is 75.4 Å². The first kappa shape index (κ1) is 17.4. The summed E-state index contributed by atoms with van der Waals surface area (Å²) in [6.45, 7) is 1.67. The van der Waals surface area contributed by atoms with Gasteiger partial charge in [-0.05, 0) is 53.3 Å². The summed E-state index contributed by atoms with van der Waals surface area (Å²) in [7, 11) is 2.04. The van der Waals surface area contributed by atoms with Gasteiger partial charge in [-0.1, -0.05) is 18.2 Å². The largest absolute Gasteiger partial charge is 0.365 e. The molecule has 1 aliphatic heterocycles. The molecule has 1 aromatic carbocycles. The molecule has 0 aliphatic carbocycles. The molecule has 0 radical (unpaired) electrons. The number of thiophene rings is 1. The fourth-order valence-electron chi connectivity index (χ4n) is 2.87. The van der Waals surface area contributed by atoms with E-state index in [9.17, 15) is 9.59 Å². The summed E-state index contributed by atoms with van der Waals surface area (Å²) >= 11 is 3.68. The molecule has 0 spiro atoms. The third-order valence-corrected chi connectivity index (χ3v) is 6.24. The van der Waals surface area contributed by atoms with Crippen molar-refractivity contribution in [2.24, 2.45) is 5.73 Å². The monoisotopic (exact) mass is 455 g/mol. The fourth-order valence-corrected chi connectivity index (χ4v) is 4.79. The lowest BCUT2D eigenvalue weighted by Gasteiger charge is -2.22. The van der Waals surface area contributed by atoms with Gasteiger partial charge in [0.15, 0.2) is 0 Å². The van der Waals surface area contributed by atoms with Gasteiger partial charge in [-0.25, -0.2) is 0 Å². The Hall–Kier alpha value is -1.45. The number of fused-ring (bicyclic) bond motifs is 1. The molecular weight excluding hydrogens is 437 g/mol. The lowest BCUT2D eigenvalue weighted by atomic mass is 10.0. The van der Waals surface area contributed by atoms with E-state index in [0.29, 0.717) is 10.6 Å². The van der Waals surface area contributed by atoms with Crippen LogP contribution in [0.5, 0.6) is 0 Å². The first-order valence-corrected chi connectivity index (χ1v) is 9.51. The first-order chi connectivity index (χ1) is 11.5. The van der Waals surface area contributed by atoms with Crippen molar-refractivity contribution in [3.05, 3.63) is 49.4 Å². The number of halogens is 1. The molecule has 0 unspecified atom stereocenters. The van der Waals surface area contributed by atoms with E-state index in [1.165, 1.54) is 11.3 Å². The van der Waals surface area contributed by atoms with Crippen molar-refractivity contribution in [3.8, 4) is 0 Å². The Morgan fingerprint density at radius 2 is 2.12 bits per heavy atom. The maximum absolute atomic E-state index is 12.4. The second kappa shape index (κ2) is 7.20. The minimum Gasteiger partial charge on any atom is -0.365 e. The van der Waals surface area contributed by atoms with Gasteiger partial charge in [-0.3, -0.25) is 9.59 Å². The fraction of sp³-hybridized carbons (Fsp3) is 0.294. The van der Waals surface area contributed by atoms with Gasteiger partial charge in [0, 0.05) is 21.5 Å². The van der Waals surface area contributed by atoms with Crippen molar-refractivity contribution in [1.29, 1.82) is 0 Å². The van der Waals surface area contributed by atoms with Crippen LogP contribution >= 0.6 is 33.9 Å². The molecule has 7 heteroatoms. The lowest BCUT2D eigenvalue weighted by molar-refractivity contribution is -0.115. The minimum atomic E-state index is -0.471. The Labute approximate surface area is 158 Å². The highest BCUT2D eigenvalue weighted by atomic mass is 127. The predicted octanol–water partition coefficient (Wildman–Crippen LogP) is 2.62. The number of nitrogens with zero attached hydrogens (tertiary/aromatic N) is 1. The molecule has 0 bridgehead atoms. The number of hydrogen-bond acceptors (Lipinski definition) is 4. The van der Waals surface area contributed by atoms with Gasteiger partial charge in [0.25, 0.3) is 5.91 Å². The van der Waals surface area contributed by atoms with Gasteiger partial charge >= 0.3 is 0 Å². The van der Waals surface area contributed by atoms with Crippen LogP contribution in [0.3, 0.4) is 0 Å². The van der Waals surface area contributed by atoms with E-state index in [1.807, 2.05) is 31.3 Å². The SMILES string of the molecule is CN1CCc2c(sc(NC(=O)Cc3ccccc3I)c2C(N)=O)C1. The molecule has 5 nitrogen and oxygen atoms in total. The van der Waals surface area contributed by atoms with Crippen molar-refractivity contribution in [2.45, 2.75) is 19.4 Å². The van der Waals surface area contributed by atoms with Crippen molar-refractivity contribution < 1.29 is 9.59 Å². The lowest BCUT2D eigenvalue weighted by Crippen LogP contribution is -2.27. The van der Waals surface area contributed by atoms with E-state index >= 15 is 0 Å². The van der Waals surface area contributed by atoms with Crippen LogP contribution in [0.15, 0.2) is 24.3 Å². The molecule has 2 heterocycles. The van der Waals surface area contributed by atoms with Crippen LogP contribution < -0.4 is 11.1 Å². The highest BCUT2D eigenvalue weighted by Gasteiger charge is 2.26. The smallest absolute Gasteiger partial charge is 0.251 e. The zero-order valence-electron chi connectivity index (χ0n) is 13.3. The molecule has 0 saturated heterocycles. The number of nitrogens with two attached hydrogens (primary N) is 1. The number of carbonyl (C=O) groups excluding carboxylic acids is 2. The number of anilines is 1. The second-order valence-electron chi connectivity index (χ2n) is 5.88. The Balaban J connectivity index is 1.83. The first-order valence-electron chi connectivity index (χ1n) is 7.62. The summed E-state index contributed by atoms with van der Waals surface area (Å²) in [5, 5.41) is 3.48. The number of benzene rings is 1. The van der Waals surface area contributed by atoms with Crippen LogP contribution in [-0.4, -0.2) is 30.3 Å². The summed E-state index contributed by atoms with van der Waals surface area (Å²) in [6.07, 6.45) is 1.06. The Bertz CT molecular complexity index is 803. The average Bonchev–Trinajstić information content (AvgIpc) is 2.86. The maximum Gasteiger partial charge on any atom is 0.251 e. The highest BCUT2D eigenvalue weighted by Crippen LogP contribution is 2.36. The summed E-state index contributed by atoms with van der Waals surface area (Å²) < 4.78 is 1.05. The molecule has 0 atom stereocenters. The summed E-state index contributed by atoms with van der Waals surface area (Å²) in [5.74, 6) is -0.602. The molecule has 0 fully saturated rings. The molecule has 2 aromatic rings. The molecule has 126 valence electrons. The van der Waals surface area contributed by atoms with E-state index in [2.05, 4.69) is 32.8 Å². The summed E-state index contributed by atoms with van der Waals surface area (Å²) in [5.41, 5.74) is 8.02. The number of nitrogens with one attached hydrogen (secondary N) is 1. The highest BCUT2D eigenvalue weighted by molar-refractivity contribution is 14.1. The number of carbonyl (C=O) groups is 2. The molecule has 0 saturated carbocycles.